The van der Waals surface area contributed by atoms with E-state index in [4.69, 9.17) is 4.42 Å². The Kier molecular flexibility index (Phi) is 5.15. The third-order valence-corrected chi connectivity index (χ3v) is 4.94. The number of para-hydroxylation sites is 2. The van der Waals surface area contributed by atoms with Gasteiger partial charge < -0.3 is 14.6 Å². The minimum absolute atomic E-state index is 0.0413. The lowest BCUT2D eigenvalue weighted by Gasteiger charge is -2.34. The van der Waals surface area contributed by atoms with Gasteiger partial charge in [0.2, 0.25) is 11.8 Å². The van der Waals surface area contributed by atoms with Crippen LogP contribution in [0.1, 0.15) is 39.7 Å². The van der Waals surface area contributed by atoms with E-state index in [1.165, 1.54) is 4.57 Å². The molecule has 1 saturated heterocycles. The second kappa shape index (κ2) is 7.35. The van der Waals surface area contributed by atoms with E-state index in [0.29, 0.717) is 24.2 Å². The number of amides is 2. The predicted octanol–water partition coefficient (Wildman–Crippen LogP) is 1.92. The smallest absolute Gasteiger partial charge is 0.408 e. The predicted molar refractivity (Wildman–Crippen MR) is 97.8 cm³/mol. The molecule has 7 heteroatoms. The number of nitrogens with zero attached hydrogens (tertiary/aromatic N) is 2. The van der Waals surface area contributed by atoms with Crippen LogP contribution in [-0.2, 0) is 9.59 Å². The molecule has 0 saturated carbocycles. The average Bonchev–Trinajstić information content (AvgIpc) is 2.96. The molecule has 1 N–H and O–H groups in total. The summed E-state index contributed by atoms with van der Waals surface area (Å²) in [6.45, 7) is 6.58. The first kappa shape index (κ1) is 18.2. The monoisotopic (exact) mass is 359 g/mol. The number of piperidine rings is 1. The quantitative estimate of drug-likeness (QED) is 0.904. The molecule has 7 nitrogen and oxygen atoms in total. The van der Waals surface area contributed by atoms with Crippen LogP contribution >= 0.6 is 0 Å². The maximum Gasteiger partial charge on any atom is 0.420 e. The van der Waals surface area contributed by atoms with Gasteiger partial charge >= 0.3 is 5.76 Å². The number of hydrogen-bond acceptors (Lipinski definition) is 4. The Bertz CT molecular complexity index is 859. The molecule has 2 aromatic rings. The SMILES string of the molecule is CC(C)C(=O)NC1CCN(C(=O)[C@H](C)n2c(=O)oc3ccccc32)CC1. The number of likely N-dealkylation sites (tertiary alicyclic amines) is 1. The first-order valence-electron chi connectivity index (χ1n) is 9.07. The van der Waals surface area contributed by atoms with Crippen molar-refractivity contribution in [1.29, 1.82) is 0 Å². The number of oxazole rings is 1. The molecule has 1 atom stereocenters. The first-order chi connectivity index (χ1) is 12.4. The molecular formula is C19H25N3O4. The molecule has 0 radical (unpaired) electrons. The number of carbonyl (C=O) groups is 2. The second-order valence-corrected chi connectivity index (χ2v) is 7.14. The van der Waals surface area contributed by atoms with Crippen molar-refractivity contribution < 1.29 is 14.0 Å². The van der Waals surface area contributed by atoms with Gasteiger partial charge in [-0.1, -0.05) is 26.0 Å². The van der Waals surface area contributed by atoms with Crippen molar-refractivity contribution in [2.24, 2.45) is 5.92 Å². The molecule has 2 amide bonds. The molecule has 1 aliphatic rings. The van der Waals surface area contributed by atoms with Crippen LogP contribution in [-0.4, -0.2) is 40.4 Å². The third kappa shape index (κ3) is 3.52. The minimum atomic E-state index is -0.632. The number of carbonyl (C=O) groups excluding carboxylic acids is 2. The van der Waals surface area contributed by atoms with Gasteiger partial charge in [-0.05, 0) is 31.9 Å². The van der Waals surface area contributed by atoms with E-state index < -0.39 is 11.8 Å². The Morgan fingerprint density at radius 3 is 2.46 bits per heavy atom. The Labute approximate surface area is 152 Å². The highest BCUT2D eigenvalue weighted by atomic mass is 16.4. The molecular weight excluding hydrogens is 334 g/mol. The van der Waals surface area contributed by atoms with Gasteiger partial charge in [0.25, 0.3) is 0 Å². The van der Waals surface area contributed by atoms with Crippen molar-refractivity contribution in [3.63, 3.8) is 0 Å². The molecule has 0 bridgehead atoms. The minimum Gasteiger partial charge on any atom is -0.408 e. The zero-order chi connectivity index (χ0) is 18.8. The van der Waals surface area contributed by atoms with Gasteiger partial charge in [0, 0.05) is 25.0 Å². The van der Waals surface area contributed by atoms with Crippen molar-refractivity contribution in [2.45, 2.75) is 45.7 Å². The number of fused-ring (bicyclic) bond motifs is 1. The van der Waals surface area contributed by atoms with Crippen LogP contribution in [0.15, 0.2) is 33.5 Å². The van der Waals surface area contributed by atoms with Crippen LogP contribution in [0.2, 0.25) is 0 Å². The molecule has 1 aromatic heterocycles. The molecule has 1 aromatic carbocycles. The van der Waals surface area contributed by atoms with Crippen molar-refractivity contribution in [2.75, 3.05) is 13.1 Å². The maximum atomic E-state index is 12.9. The van der Waals surface area contributed by atoms with Gasteiger partial charge in [-0.15, -0.1) is 0 Å². The molecule has 26 heavy (non-hydrogen) atoms. The maximum absolute atomic E-state index is 12.9. The van der Waals surface area contributed by atoms with Gasteiger partial charge in [0.15, 0.2) is 5.58 Å². The van der Waals surface area contributed by atoms with Crippen molar-refractivity contribution in [3.8, 4) is 0 Å². The summed E-state index contributed by atoms with van der Waals surface area (Å²) in [5.41, 5.74) is 1.10. The summed E-state index contributed by atoms with van der Waals surface area (Å²) in [4.78, 5) is 38.6. The topological polar surface area (TPSA) is 84.5 Å². The normalized spacial score (nSPS) is 16.8. The van der Waals surface area contributed by atoms with Crippen molar-refractivity contribution in [1.82, 2.24) is 14.8 Å². The Hall–Kier alpha value is -2.57. The Morgan fingerprint density at radius 1 is 1.15 bits per heavy atom. The second-order valence-electron chi connectivity index (χ2n) is 7.14. The van der Waals surface area contributed by atoms with Crippen LogP contribution in [0.25, 0.3) is 11.1 Å². The number of hydrogen-bond donors (Lipinski definition) is 1. The molecule has 140 valence electrons. The van der Waals surface area contributed by atoms with Gasteiger partial charge in [0.1, 0.15) is 6.04 Å². The van der Waals surface area contributed by atoms with Crippen LogP contribution in [0, 0.1) is 5.92 Å². The van der Waals surface area contributed by atoms with E-state index in [1.807, 2.05) is 19.9 Å². The number of benzene rings is 1. The fraction of sp³-hybridized carbons (Fsp3) is 0.526. The van der Waals surface area contributed by atoms with Crippen LogP contribution in [0.3, 0.4) is 0 Å². The third-order valence-electron chi connectivity index (χ3n) is 4.94. The fourth-order valence-electron chi connectivity index (χ4n) is 3.34. The van der Waals surface area contributed by atoms with Gasteiger partial charge in [-0.3, -0.25) is 14.2 Å². The largest absolute Gasteiger partial charge is 0.420 e. The number of nitrogens with one attached hydrogen (secondary N) is 1. The lowest BCUT2D eigenvalue weighted by molar-refractivity contribution is -0.135. The van der Waals surface area contributed by atoms with Crippen LogP contribution < -0.4 is 11.1 Å². The highest BCUT2D eigenvalue weighted by Gasteiger charge is 2.29. The van der Waals surface area contributed by atoms with Crippen molar-refractivity contribution >= 4 is 22.9 Å². The lowest BCUT2D eigenvalue weighted by Crippen LogP contribution is -2.49. The lowest BCUT2D eigenvalue weighted by atomic mass is 10.0. The van der Waals surface area contributed by atoms with E-state index in [-0.39, 0.29) is 23.8 Å². The molecule has 2 heterocycles. The number of aromatic nitrogens is 1. The number of rotatable bonds is 4. The molecule has 0 aliphatic carbocycles. The molecule has 0 unspecified atom stereocenters. The zero-order valence-corrected chi connectivity index (χ0v) is 15.4. The summed E-state index contributed by atoms with van der Waals surface area (Å²) in [6, 6.07) is 6.56. The molecule has 0 spiro atoms. The fourth-order valence-corrected chi connectivity index (χ4v) is 3.34. The zero-order valence-electron chi connectivity index (χ0n) is 15.4. The highest BCUT2D eigenvalue weighted by Crippen LogP contribution is 2.20. The van der Waals surface area contributed by atoms with E-state index in [0.717, 1.165) is 12.8 Å². The Morgan fingerprint density at radius 2 is 1.81 bits per heavy atom. The van der Waals surface area contributed by atoms with E-state index in [1.54, 1.807) is 30.0 Å². The van der Waals surface area contributed by atoms with Crippen molar-refractivity contribution in [3.05, 3.63) is 34.8 Å². The van der Waals surface area contributed by atoms with Gasteiger partial charge in [-0.2, -0.15) is 0 Å². The summed E-state index contributed by atoms with van der Waals surface area (Å²) in [6.07, 6.45) is 1.44. The van der Waals surface area contributed by atoms with E-state index in [2.05, 4.69) is 5.32 Å². The van der Waals surface area contributed by atoms with E-state index >= 15 is 0 Å². The summed E-state index contributed by atoms with van der Waals surface area (Å²) in [5.74, 6) is -0.631. The average molecular weight is 359 g/mol. The summed E-state index contributed by atoms with van der Waals surface area (Å²) in [5, 5.41) is 3.02. The highest BCUT2D eigenvalue weighted by molar-refractivity contribution is 5.83. The standard InChI is InChI=1S/C19H25N3O4/c1-12(2)17(23)20-14-8-10-21(11-9-14)18(24)13(3)22-15-6-4-5-7-16(15)26-19(22)25/h4-7,12-14H,8-11H2,1-3H3,(H,20,23)/t13-/m0/s1. The van der Waals surface area contributed by atoms with Crippen LogP contribution in [0.5, 0.6) is 0 Å². The summed E-state index contributed by atoms with van der Waals surface area (Å²) < 4.78 is 6.64. The molecule has 1 aliphatic heterocycles. The molecule has 1 fully saturated rings. The molecule has 3 rings (SSSR count). The summed E-state index contributed by atoms with van der Waals surface area (Å²) in [7, 11) is 0. The van der Waals surface area contributed by atoms with Gasteiger partial charge in [-0.25, -0.2) is 4.79 Å². The van der Waals surface area contributed by atoms with Crippen LogP contribution in [0.4, 0.5) is 0 Å². The van der Waals surface area contributed by atoms with Gasteiger partial charge in [0.05, 0.1) is 5.52 Å². The Balaban J connectivity index is 1.67. The first-order valence-corrected chi connectivity index (χ1v) is 9.07. The van der Waals surface area contributed by atoms with E-state index in [9.17, 15) is 14.4 Å². The summed E-state index contributed by atoms with van der Waals surface area (Å²) >= 11 is 0.